The summed E-state index contributed by atoms with van der Waals surface area (Å²) in [7, 11) is 0. The number of benzene rings is 3. The van der Waals surface area contributed by atoms with Crippen molar-refractivity contribution >= 4 is 27.5 Å². The molecule has 3 aromatic carbocycles. The van der Waals surface area contributed by atoms with E-state index in [0.717, 1.165) is 0 Å². The molecular formula is C21H13BrClN3. The molecule has 1 heterocycles. The lowest BCUT2D eigenvalue weighted by Crippen LogP contribution is -2.00. The SMILES string of the molecule is [2H]c1c([2H])c([2H])c(-c2nc(-c3cc(Cl)ccc3Br)nc(-c3c([2H])c([2H])c([2H])c([2H])c3[2H])n2)c([2H])c1[2H]. The minimum atomic E-state index is -0.610. The fourth-order valence-corrected chi connectivity index (χ4v) is 2.71. The Morgan fingerprint density at radius 2 is 1.23 bits per heavy atom. The zero-order chi connectivity index (χ0) is 26.6. The quantitative estimate of drug-likeness (QED) is 0.382. The Balaban J connectivity index is 2.16. The van der Waals surface area contributed by atoms with Crippen LogP contribution in [-0.4, -0.2) is 15.0 Å². The van der Waals surface area contributed by atoms with Gasteiger partial charge < -0.3 is 0 Å². The third kappa shape index (κ3) is 3.52. The van der Waals surface area contributed by atoms with Gasteiger partial charge in [-0.25, -0.2) is 15.0 Å². The van der Waals surface area contributed by atoms with Crippen molar-refractivity contribution in [3.63, 3.8) is 0 Å². The molecule has 0 saturated heterocycles. The second-order valence-electron chi connectivity index (χ2n) is 4.93. The molecule has 0 unspecified atom stereocenters. The monoisotopic (exact) mass is 431 g/mol. The van der Waals surface area contributed by atoms with Crippen molar-refractivity contribution in [3.05, 3.63) is 88.1 Å². The van der Waals surface area contributed by atoms with Crippen LogP contribution in [0.1, 0.15) is 13.7 Å². The van der Waals surface area contributed by atoms with E-state index in [1.165, 1.54) is 6.07 Å². The predicted molar refractivity (Wildman–Crippen MR) is 109 cm³/mol. The van der Waals surface area contributed by atoms with Crippen LogP contribution >= 0.6 is 27.5 Å². The van der Waals surface area contributed by atoms with E-state index in [-0.39, 0.29) is 28.6 Å². The first-order chi connectivity index (χ1) is 16.8. The molecule has 1 aromatic heterocycles. The fraction of sp³-hybridized carbons (Fsp3) is 0. The summed E-state index contributed by atoms with van der Waals surface area (Å²) in [5.74, 6) is -0.751. The summed E-state index contributed by atoms with van der Waals surface area (Å²) in [5, 5.41) is 0.322. The summed E-state index contributed by atoms with van der Waals surface area (Å²) in [6.45, 7) is 0. The van der Waals surface area contributed by atoms with Crippen molar-refractivity contribution < 1.29 is 13.7 Å². The predicted octanol–water partition coefficient (Wildman–Crippen LogP) is 6.29. The summed E-state index contributed by atoms with van der Waals surface area (Å²) in [4.78, 5) is 12.9. The van der Waals surface area contributed by atoms with Crippen LogP contribution in [0.5, 0.6) is 0 Å². The molecule has 0 radical (unpaired) electrons. The summed E-state index contributed by atoms with van der Waals surface area (Å²) in [6.07, 6.45) is 0. The summed E-state index contributed by atoms with van der Waals surface area (Å²) < 4.78 is 81.5. The van der Waals surface area contributed by atoms with Crippen LogP contribution < -0.4 is 0 Å². The number of rotatable bonds is 3. The molecule has 0 saturated carbocycles. The molecule has 0 atom stereocenters. The standard InChI is InChI=1S/C21H13BrClN3/c22-18-12-11-16(23)13-17(18)21-25-19(14-7-3-1-4-8-14)24-20(26-21)15-9-5-2-6-10-15/h1-13H/i1D,2D,3D,4D,5D,6D,7D,8D,9D,10D. The second kappa shape index (κ2) is 7.36. The van der Waals surface area contributed by atoms with E-state index in [2.05, 4.69) is 30.9 Å². The molecule has 0 aliphatic carbocycles. The first-order valence-electron chi connectivity index (χ1n) is 12.2. The highest BCUT2D eigenvalue weighted by Gasteiger charge is 2.14. The van der Waals surface area contributed by atoms with Gasteiger partial charge >= 0.3 is 0 Å². The average Bonchev–Trinajstić information content (AvgIpc) is 2.85. The van der Waals surface area contributed by atoms with Crippen LogP contribution in [0.3, 0.4) is 0 Å². The van der Waals surface area contributed by atoms with Gasteiger partial charge in [-0.05, 0) is 18.2 Å². The van der Waals surface area contributed by atoms with E-state index in [0.29, 0.717) is 15.1 Å². The van der Waals surface area contributed by atoms with Crippen molar-refractivity contribution in [2.24, 2.45) is 0 Å². The number of hydrogen-bond donors (Lipinski definition) is 0. The summed E-state index contributed by atoms with van der Waals surface area (Å²) in [5.41, 5.74) is -0.333. The van der Waals surface area contributed by atoms with Gasteiger partial charge in [0, 0.05) is 26.2 Å². The Bertz CT molecular complexity index is 1440. The van der Waals surface area contributed by atoms with Crippen molar-refractivity contribution in [1.29, 1.82) is 0 Å². The average molecular weight is 433 g/mol. The molecular weight excluding hydrogens is 410 g/mol. The minimum Gasteiger partial charge on any atom is -0.208 e. The number of hydrogen-bond acceptors (Lipinski definition) is 3. The lowest BCUT2D eigenvalue weighted by atomic mass is 10.1. The third-order valence-electron chi connectivity index (χ3n) is 3.25. The van der Waals surface area contributed by atoms with Crippen molar-refractivity contribution in [3.8, 4) is 34.2 Å². The zero-order valence-electron chi connectivity index (χ0n) is 22.8. The molecule has 0 aliphatic heterocycles. The van der Waals surface area contributed by atoms with Crippen LogP contribution in [-0.2, 0) is 0 Å². The first-order valence-corrected chi connectivity index (χ1v) is 8.38. The van der Waals surface area contributed by atoms with Gasteiger partial charge in [0.05, 0.1) is 13.7 Å². The normalized spacial score (nSPS) is 16.1. The molecule has 0 spiro atoms. The van der Waals surface area contributed by atoms with Crippen molar-refractivity contribution in [1.82, 2.24) is 15.0 Å². The van der Waals surface area contributed by atoms with E-state index >= 15 is 0 Å². The number of halogens is 2. The van der Waals surface area contributed by atoms with Gasteiger partial charge in [-0.1, -0.05) is 88.0 Å². The summed E-state index contributed by atoms with van der Waals surface area (Å²) >= 11 is 9.52. The number of aromatic nitrogens is 3. The molecule has 4 aromatic rings. The minimum absolute atomic E-state index is 0.0667. The highest BCUT2D eigenvalue weighted by atomic mass is 79.9. The highest BCUT2D eigenvalue weighted by Crippen LogP contribution is 2.31. The zero-order valence-corrected chi connectivity index (χ0v) is 15.2. The van der Waals surface area contributed by atoms with Gasteiger partial charge in [-0.3, -0.25) is 0 Å². The lowest BCUT2D eigenvalue weighted by Gasteiger charge is -2.09. The van der Waals surface area contributed by atoms with Crippen molar-refractivity contribution in [2.75, 3.05) is 0 Å². The molecule has 26 heavy (non-hydrogen) atoms. The molecule has 3 nitrogen and oxygen atoms in total. The Labute approximate surface area is 178 Å². The van der Waals surface area contributed by atoms with Crippen LogP contribution in [0.4, 0.5) is 0 Å². The Morgan fingerprint density at radius 1 is 0.731 bits per heavy atom. The van der Waals surface area contributed by atoms with Crippen LogP contribution in [0.2, 0.25) is 5.02 Å². The first kappa shape index (κ1) is 8.89. The Hall–Kier alpha value is -2.56. The lowest BCUT2D eigenvalue weighted by molar-refractivity contribution is 1.07. The van der Waals surface area contributed by atoms with Crippen LogP contribution in [0, 0.1) is 0 Å². The molecule has 0 aliphatic rings. The number of nitrogens with zero attached hydrogens (tertiary/aromatic N) is 3. The van der Waals surface area contributed by atoms with Crippen molar-refractivity contribution in [2.45, 2.75) is 0 Å². The third-order valence-corrected chi connectivity index (χ3v) is 4.18. The summed E-state index contributed by atoms with van der Waals surface area (Å²) in [6, 6.07) is -1.21. The molecule has 0 fully saturated rings. The molecule has 0 N–H and O–H groups in total. The van der Waals surface area contributed by atoms with Gasteiger partial charge in [0.2, 0.25) is 0 Å². The van der Waals surface area contributed by atoms with E-state index in [4.69, 9.17) is 25.3 Å². The maximum Gasteiger partial charge on any atom is 0.165 e. The Kier molecular flexibility index (Phi) is 2.52. The molecule has 126 valence electrons. The van der Waals surface area contributed by atoms with Gasteiger partial charge in [0.15, 0.2) is 17.5 Å². The molecule has 4 rings (SSSR count). The van der Waals surface area contributed by atoms with Gasteiger partial charge in [-0.2, -0.15) is 0 Å². The van der Waals surface area contributed by atoms with E-state index in [1.54, 1.807) is 12.1 Å². The highest BCUT2D eigenvalue weighted by molar-refractivity contribution is 9.10. The largest absolute Gasteiger partial charge is 0.208 e. The maximum absolute atomic E-state index is 8.32. The molecule has 5 heteroatoms. The second-order valence-corrected chi connectivity index (χ2v) is 6.22. The van der Waals surface area contributed by atoms with E-state index in [1.807, 2.05) is 0 Å². The molecule has 0 amide bonds. The Morgan fingerprint density at radius 3 is 1.77 bits per heavy atom. The van der Waals surface area contributed by atoms with Crippen LogP contribution in [0.25, 0.3) is 34.2 Å². The van der Waals surface area contributed by atoms with Gasteiger partial charge in [0.1, 0.15) is 0 Å². The maximum atomic E-state index is 8.32. The topological polar surface area (TPSA) is 38.7 Å². The van der Waals surface area contributed by atoms with Gasteiger partial charge in [-0.15, -0.1) is 0 Å². The van der Waals surface area contributed by atoms with E-state index < -0.39 is 60.4 Å². The fourth-order valence-electron chi connectivity index (χ4n) is 2.11. The van der Waals surface area contributed by atoms with E-state index in [9.17, 15) is 0 Å². The smallest absolute Gasteiger partial charge is 0.165 e. The van der Waals surface area contributed by atoms with Crippen LogP contribution in [0.15, 0.2) is 83.1 Å². The molecule has 0 bridgehead atoms. The van der Waals surface area contributed by atoms with Gasteiger partial charge in [0.25, 0.3) is 0 Å².